The lowest BCUT2D eigenvalue weighted by molar-refractivity contribution is -0.146. The Hall–Kier alpha value is -1.84. The van der Waals surface area contributed by atoms with Crippen LogP contribution in [0.15, 0.2) is 30.3 Å². The molecule has 4 nitrogen and oxygen atoms in total. The van der Waals surface area contributed by atoms with E-state index in [1.807, 2.05) is 30.3 Å². The summed E-state index contributed by atoms with van der Waals surface area (Å²) in [6.45, 7) is 2.16. The van der Waals surface area contributed by atoms with Gasteiger partial charge in [-0.15, -0.1) is 0 Å². The van der Waals surface area contributed by atoms with E-state index < -0.39 is 0 Å². The molecule has 20 heavy (non-hydrogen) atoms. The van der Waals surface area contributed by atoms with E-state index in [2.05, 4.69) is 0 Å². The summed E-state index contributed by atoms with van der Waals surface area (Å²) in [6, 6.07) is 9.87. The van der Waals surface area contributed by atoms with Crippen molar-refractivity contribution in [3.63, 3.8) is 0 Å². The fourth-order valence-corrected chi connectivity index (χ4v) is 2.64. The first kappa shape index (κ1) is 14.6. The summed E-state index contributed by atoms with van der Waals surface area (Å²) in [7, 11) is 3.12. The molecule has 1 aliphatic carbocycles. The molecule has 1 aromatic rings. The van der Waals surface area contributed by atoms with E-state index in [1.165, 1.54) is 7.11 Å². The van der Waals surface area contributed by atoms with E-state index in [0.29, 0.717) is 6.54 Å². The maximum atomic E-state index is 12.6. The predicted molar refractivity (Wildman–Crippen MR) is 76.2 cm³/mol. The average Bonchev–Trinajstić information content (AvgIpc) is 3.28. The van der Waals surface area contributed by atoms with Gasteiger partial charge in [-0.1, -0.05) is 37.3 Å². The fraction of sp³-hybridized carbons (Fsp3) is 0.500. The lowest BCUT2D eigenvalue weighted by atomic mass is 9.94. The quantitative estimate of drug-likeness (QED) is 0.772. The summed E-state index contributed by atoms with van der Waals surface area (Å²) in [5.74, 6) is -0.491. The van der Waals surface area contributed by atoms with Crippen molar-refractivity contribution in [1.82, 2.24) is 4.90 Å². The van der Waals surface area contributed by atoms with Gasteiger partial charge in [0.25, 0.3) is 0 Å². The van der Waals surface area contributed by atoms with Crippen LogP contribution in [-0.4, -0.2) is 37.5 Å². The summed E-state index contributed by atoms with van der Waals surface area (Å²) in [5.41, 5.74) is 0.703. The smallest absolute Gasteiger partial charge is 0.310 e. The van der Waals surface area contributed by atoms with Crippen LogP contribution in [0.5, 0.6) is 0 Å². The van der Waals surface area contributed by atoms with E-state index in [9.17, 15) is 9.59 Å². The van der Waals surface area contributed by atoms with Crippen molar-refractivity contribution in [2.75, 3.05) is 20.7 Å². The highest BCUT2D eigenvalue weighted by molar-refractivity contribution is 5.91. The summed E-state index contributed by atoms with van der Waals surface area (Å²) in [6.07, 6.45) is 1.76. The summed E-state index contributed by atoms with van der Waals surface area (Å²) >= 11 is 0. The first-order valence-electron chi connectivity index (χ1n) is 6.90. The van der Waals surface area contributed by atoms with E-state index in [-0.39, 0.29) is 23.2 Å². The highest BCUT2D eigenvalue weighted by Crippen LogP contribution is 2.49. The molecule has 0 aromatic heterocycles. The molecule has 0 N–H and O–H groups in total. The lowest BCUT2D eigenvalue weighted by Gasteiger charge is -2.25. The molecule has 0 saturated heterocycles. The van der Waals surface area contributed by atoms with Crippen LogP contribution in [0.25, 0.3) is 0 Å². The molecular weight excluding hydrogens is 254 g/mol. The molecule has 1 amide bonds. The third kappa shape index (κ3) is 2.69. The Bertz CT molecular complexity index is 494. The number of esters is 1. The number of carbonyl (C=O) groups excluding carboxylic acids is 2. The number of methoxy groups -OCH3 is 1. The van der Waals surface area contributed by atoms with Crippen molar-refractivity contribution in [2.24, 2.45) is 5.92 Å². The normalized spacial score (nSPS) is 17.1. The zero-order chi connectivity index (χ0) is 14.8. The Morgan fingerprint density at radius 3 is 2.40 bits per heavy atom. The minimum absolute atomic E-state index is 0.0967. The van der Waals surface area contributed by atoms with Crippen LogP contribution in [-0.2, 0) is 19.7 Å². The van der Waals surface area contributed by atoms with Gasteiger partial charge in [-0.05, 0) is 18.4 Å². The van der Waals surface area contributed by atoms with Crippen LogP contribution >= 0.6 is 0 Å². The van der Waals surface area contributed by atoms with Crippen LogP contribution in [0.4, 0.5) is 0 Å². The van der Waals surface area contributed by atoms with Crippen LogP contribution < -0.4 is 0 Å². The summed E-state index contributed by atoms with van der Waals surface area (Å²) in [5, 5.41) is 0. The molecule has 1 saturated carbocycles. The van der Waals surface area contributed by atoms with Crippen molar-refractivity contribution in [2.45, 2.75) is 25.2 Å². The van der Waals surface area contributed by atoms with E-state index in [0.717, 1.165) is 18.4 Å². The number of amides is 1. The standard InChI is InChI=1S/C16H21NO3/c1-12(14(18)20-3)11-17(2)15(19)16(9-10-16)13-7-5-4-6-8-13/h4-8,12H,9-11H2,1-3H3. The number of ether oxygens (including phenoxy) is 1. The predicted octanol–water partition coefficient (Wildman–Crippen LogP) is 1.99. The molecule has 1 unspecified atom stereocenters. The van der Waals surface area contributed by atoms with Crippen LogP contribution in [0.1, 0.15) is 25.3 Å². The number of nitrogens with zero attached hydrogens (tertiary/aromatic N) is 1. The molecule has 0 spiro atoms. The SMILES string of the molecule is COC(=O)C(C)CN(C)C(=O)C1(c2ccccc2)CC1. The van der Waals surface area contributed by atoms with Crippen LogP contribution in [0, 0.1) is 5.92 Å². The Balaban J connectivity index is 2.06. The Labute approximate surface area is 119 Å². The maximum absolute atomic E-state index is 12.6. The van der Waals surface area contributed by atoms with Crippen molar-refractivity contribution in [1.29, 1.82) is 0 Å². The van der Waals surface area contributed by atoms with Gasteiger partial charge in [0, 0.05) is 13.6 Å². The van der Waals surface area contributed by atoms with Crippen molar-refractivity contribution in [3.8, 4) is 0 Å². The van der Waals surface area contributed by atoms with Gasteiger partial charge in [0.2, 0.25) is 5.91 Å². The van der Waals surface area contributed by atoms with Gasteiger partial charge in [-0.25, -0.2) is 0 Å². The van der Waals surface area contributed by atoms with Gasteiger partial charge < -0.3 is 9.64 Å². The third-order valence-electron chi connectivity index (χ3n) is 3.98. The second-order valence-electron chi connectivity index (χ2n) is 5.56. The lowest BCUT2D eigenvalue weighted by Crippen LogP contribution is -2.40. The number of rotatable bonds is 5. The molecule has 108 valence electrons. The molecule has 0 radical (unpaired) electrons. The number of likely N-dealkylation sites (N-methyl/N-ethyl adjacent to an activating group) is 1. The van der Waals surface area contributed by atoms with Crippen LogP contribution in [0.3, 0.4) is 0 Å². The minimum Gasteiger partial charge on any atom is -0.469 e. The second kappa shape index (κ2) is 5.65. The highest BCUT2D eigenvalue weighted by atomic mass is 16.5. The molecule has 1 aromatic carbocycles. The molecule has 2 rings (SSSR count). The number of carbonyl (C=O) groups is 2. The van der Waals surface area contributed by atoms with Gasteiger partial charge in [0.15, 0.2) is 0 Å². The molecule has 4 heteroatoms. The largest absolute Gasteiger partial charge is 0.469 e. The molecule has 0 heterocycles. The maximum Gasteiger partial charge on any atom is 0.310 e. The average molecular weight is 275 g/mol. The van der Waals surface area contributed by atoms with Crippen LogP contribution in [0.2, 0.25) is 0 Å². The third-order valence-corrected chi connectivity index (χ3v) is 3.98. The van der Waals surface area contributed by atoms with E-state index in [1.54, 1.807) is 18.9 Å². The zero-order valence-electron chi connectivity index (χ0n) is 12.3. The first-order valence-corrected chi connectivity index (χ1v) is 6.90. The Kier molecular flexibility index (Phi) is 4.12. The summed E-state index contributed by atoms with van der Waals surface area (Å²) < 4.78 is 4.70. The summed E-state index contributed by atoms with van der Waals surface area (Å²) in [4.78, 5) is 25.7. The monoisotopic (exact) mass is 275 g/mol. The molecule has 0 bridgehead atoms. The molecular formula is C16H21NO3. The van der Waals surface area contributed by atoms with Gasteiger partial charge >= 0.3 is 5.97 Å². The van der Waals surface area contributed by atoms with Gasteiger partial charge in [-0.3, -0.25) is 9.59 Å². The van der Waals surface area contributed by atoms with Crippen molar-refractivity contribution < 1.29 is 14.3 Å². The molecule has 1 atom stereocenters. The zero-order valence-corrected chi connectivity index (χ0v) is 12.3. The number of benzene rings is 1. The van der Waals surface area contributed by atoms with Gasteiger partial charge in [0.05, 0.1) is 18.4 Å². The Morgan fingerprint density at radius 2 is 1.90 bits per heavy atom. The van der Waals surface area contributed by atoms with Gasteiger partial charge in [0.1, 0.15) is 0 Å². The minimum atomic E-state index is -0.369. The highest BCUT2D eigenvalue weighted by Gasteiger charge is 2.52. The molecule has 0 aliphatic heterocycles. The van der Waals surface area contributed by atoms with Gasteiger partial charge in [-0.2, -0.15) is 0 Å². The molecule has 1 fully saturated rings. The number of hydrogen-bond donors (Lipinski definition) is 0. The fourth-order valence-electron chi connectivity index (χ4n) is 2.64. The molecule has 1 aliphatic rings. The second-order valence-corrected chi connectivity index (χ2v) is 5.56. The first-order chi connectivity index (χ1) is 9.51. The van der Waals surface area contributed by atoms with Crippen molar-refractivity contribution >= 4 is 11.9 Å². The Morgan fingerprint density at radius 1 is 1.30 bits per heavy atom. The van der Waals surface area contributed by atoms with Crippen molar-refractivity contribution in [3.05, 3.63) is 35.9 Å². The topological polar surface area (TPSA) is 46.6 Å². The van der Waals surface area contributed by atoms with E-state index in [4.69, 9.17) is 4.74 Å². The number of hydrogen-bond acceptors (Lipinski definition) is 3. The van der Waals surface area contributed by atoms with E-state index >= 15 is 0 Å².